The van der Waals surface area contributed by atoms with Crippen LogP contribution >= 0.6 is 11.6 Å². The summed E-state index contributed by atoms with van der Waals surface area (Å²) in [6.07, 6.45) is -2.21. The van der Waals surface area contributed by atoms with E-state index in [0.717, 1.165) is 12.4 Å². The molecule has 144 valence electrons. The molecule has 1 aromatic heterocycles. The summed E-state index contributed by atoms with van der Waals surface area (Å²) in [5.74, 6) is -0.809. The van der Waals surface area contributed by atoms with Gasteiger partial charge in [0.2, 0.25) is 11.8 Å². The molecule has 1 aliphatic heterocycles. The van der Waals surface area contributed by atoms with E-state index in [1.165, 1.54) is 4.90 Å². The first-order valence-corrected chi connectivity index (χ1v) is 8.36. The number of nitrogens with one attached hydrogen (secondary N) is 1. The standard InChI is InChI=1S/C17H16ClF3N4O2/c1-16(2)12-5-10(18)3-4-13(12)25(15(16)27)8-14(26)23-11-6-22-24(7-11)9-17(19,20)21/h3-7H,8-9H2,1-2H3,(H,23,26). The Balaban J connectivity index is 1.73. The minimum absolute atomic E-state index is 0.117. The number of anilines is 2. The van der Waals surface area contributed by atoms with Crippen LogP contribution in [0.2, 0.25) is 5.02 Å². The number of carbonyl (C=O) groups excluding carboxylic acids is 2. The Morgan fingerprint density at radius 2 is 2.04 bits per heavy atom. The van der Waals surface area contributed by atoms with Crippen LogP contribution in [0.4, 0.5) is 24.5 Å². The number of benzene rings is 1. The number of hydrogen-bond acceptors (Lipinski definition) is 3. The molecule has 2 amide bonds. The van der Waals surface area contributed by atoms with Crippen molar-refractivity contribution in [3.8, 4) is 0 Å². The topological polar surface area (TPSA) is 67.2 Å². The first-order valence-electron chi connectivity index (χ1n) is 7.98. The lowest BCUT2D eigenvalue weighted by atomic mass is 9.86. The van der Waals surface area contributed by atoms with Crippen LogP contribution in [-0.2, 0) is 21.5 Å². The summed E-state index contributed by atoms with van der Waals surface area (Å²) in [6, 6.07) is 4.98. The van der Waals surface area contributed by atoms with Gasteiger partial charge in [-0.2, -0.15) is 18.3 Å². The Kier molecular flexibility index (Phi) is 4.67. The molecule has 0 spiro atoms. The van der Waals surface area contributed by atoms with E-state index in [1.807, 2.05) is 0 Å². The molecule has 0 atom stereocenters. The number of halogens is 4. The van der Waals surface area contributed by atoms with Crippen molar-refractivity contribution in [1.82, 2.24) is 9.78 Å². The fourth-order valence-corrected chi connectivity index (χ4v) is 3.18. The molecule has 0 aliphatic carbocycles. The van der Waals surface area contributed by atoms with E-state index in [4.69, 9.17) is 11.6 Å². The van der Waals surface area contributed by atoms with Crippen LogP contribution in [0.3, 0.4) is 0 Å². The number of amides is 2. The molecule has 0 unspecified atom stereocenters. The molecule has 2 aromatic rings. The van der Waals surface area contributed by atoms with Crippen LogP contribution in [0.1, 0.15) is 19.4 Å². The van der Waals surface area contributed by atoms with Crippen LogP contribution in [-0.4, -0.2) is 34.3 Å². The summed E-state index contributed by atoms with van der Waals surface area (Å²) in [5.41, 5.74) is 0.576. The van der Waals surface area contributed by atoms with Gasteiger partial charge in [0.25, 0.3) is 0 Å². The summed E-state index contributed by atoms with van der Waals surface area (Å²) >= 11 is 6.01. The molecular weight excluding hydrogens is 385 g/mol. The molecule has 0 radical (unpaired) electrons. The van der Waals surface area contributed by atoms with Crippen LogP contribution in [0.25, 0.3) is 0 Å². The molecule has 1 aliphatic rings. The van der Waals surface area contributed by atoms with Gasteiger partial charge in [-0.15, -0.1) is 0 Å². The van der Waals surface area contributed by atoms with Crippen molar-refractivity contribution in [2.24, 2.45) is 0 Å². The minimum atomic E-state index is -4.41. The Bertz CT molecular complexity index is 908. The van der Waals surface area contributed by atoms with E-state index in [2.05, 4.69) is 10.4 Å². The predicted molar refractivity (Wildman–Crippen MR) is 93.7 cm³/mol. The Hall–Kier alpha value is -2.55. The number of aromatic nitrogens is 2. The van der Waals surface area contributed by atoms with E-state index in [0.29, 0.717) is 21.0 Å². The monoisotopic (exact) mass is 400 g/mol. The van der Waals surface area contributed by atoms with Gasteiger partial charge in [0.05, 0.1) is 17.3 Å². The van der Waals surface area contributed by atoms with Gasteiger partial charge in [0.15, 0.2) is 0 Å². The van der Waals surface area contributed by atoms with Crippen LogP contribution in [0.15, 0.2) is 30.6 Å². The fourth-order valence-electron chi connectivity index (χ4n) is 3.01. The van der Waals surface area contributed by atoms with Gasteiger partial charge < -0.3 is 10.2 Å². The van der Waals surface area contributed by atoms with E-state index in [-0.39, 0.29) is 18.1 Å². The second kappa shape index (κ2) is 6.56. The summed E-state index contributed by atoms with van der Waals surface area (Å²) in [7, 11) is 0. The van der Waals surface area contributed by atoms with E-state index >= 15 is 0 Å². The molecule has 6 nitrogen and oxygen atoms in total. The fraction of sp³-hybridized carbons (Fsp3) is 0.353. The Morgan fingerprint density at radius 1 is 1.33 bits per heavy atom. The maximum absolute atomic E-state index is 12.7. The molecule has 0 fully saturated rings. The lowest BCUT2D eigenvalue weighted by molar-refractivity contribution is -0.142. The second-order valence-corrected chi connectivity index (χ2v) is 7.20. The SMILES string of the molecule is CC1(C)C(=O)N(CC(=O)Nc2cnn(CC(F)(F)F)c2)c2ccc(Cl)cc21. The van der Waals surface area contributed by atoms with E-state index in [9.17, 15) is 22.8 Å². The average Bonchev–Trinajstić information content (AvgIpc) is 3.03. The summed E-state index contributed by atoms with van der Waals surface area (Å²) < 4.78 is 37.8. The average molecular weight is 401 g/mol. The van der Waals surface area contributed by atoms with Crippen molar-refractivity contribution >= 4 is 34.8 Å². The normalized spacial score (nSPS) is 15.8. The second-order valence-electron chi connectivity index (χ2n) is 6.77. The van der Waals surface area contributed by atoms with Crippen molar-refractivity contribution in [1.29, 1.82) is 0 Å². The molecule has 0 saturated heterocycles. The zero-order valence-electron chi connectivity index (χ0n) is 14.5. The number of nitrogens with zero attached hydrogens (tertiary/aromatic N) is 3. The van der Waals surface area contributed by atoms with Crippen LogP contribution < -0.4 is 10.2 Å². The third-order valence-electron chi connectivity index (χ3n) is 4.26. The van der Waals surface area contributed by atoms with Crippen molar-refractivity contribution < 1.29 is 22.8 Å². The van der Waals surface area contributed by atoms with Crippen molar-refractivity contribution in [3.05, 3.63) is 41.2 Å². The third kappa shape index (κ3) is 3.92. The maximum atomic E-state index is 12.7. The number of rotatable bonds is 4. The molecule has 1 aromatic carbocycles. The zero-order valence-corrected chi connectivity index (χ0v) is 15.2. The smallest absolute Gasteiger partial charge is 0.322 e. The van der Waals surface area contributed by atoms with Gasteiger partial charge in [0.1, 0.15) is 13.1 Å². The van der Waals surface area contributed by atoms with Crippen molar-refractivity contribution in [2.45, 2.75) is 32.0 Å². The molecule has 0 saturated carbocycles. The number of alkyl halides is 3. The highest BCUT2D eigenvalue weighted by atomic mass is 35.5. The summed E-state index contributed by atoms with van der Waals surface area (Å²) in [4.78, 5) is 26.3. The predicted octanol–water partition coefficient (Wildman–Crippen LogP) is 3.36. The number of fused-ring (bicyclic) bond motifs is 1. The first-order chi connectivity index (χ1) is 12.5. The number of carbonyl (C=O) groups is 2. The van der Waals surface area contributed by atoms with E-state index < -0.39 is 24.0 Å². The van der Waals surface area contributed by atoms with Gasteiger partial charge in [-0.25, -0.2) is 0 Å². The van der Waals surface area contributed by atoms with Gasteiger partial charge in [-0.05, 0) is 37.6 Å². The highest BCUT2D eigenvalue weighted by molar-refractivity contribution is 6.31. The molecule has 1 N–H and O–H groups in total. The lowest BCUT2D eigenvalue weighted by Gasteiger charge is -2.19. The minimum Gasteiger partial charge on any atom is -0.322 e. The lowest BCUT2D eigenvalue weighted by Crippen LogP contribution is -2.40. The van der Waals surface area contributed by atoms with Gasteiger partial charge >= 0.3 is 6.18 Å². The van der Waals surface area contributed by atoms with Crippen LogP contribution in [0, 0.1) is 0 Å². The third-order valence-corrected chi connectivity index (χ3v) is 4.50. The number of hydrogen-bond donors (Lipinski definition) is 1. The van der Waals surface area contributed by atoms with Gasteiger partial charge in [0, 0.05) is 16.9 Å². The molecule has 0 bridgehead atoms. The first kappa shape index (κ1) is 19.2. The Morgan fingerprint density at radius 3 is 2.70 bits per heavy atom. The highest BCUT2D eigenvalue weighted by Crippen LogP contribution is 2.42. The molecule has 27 heavy (non-hydrogen) atoms. The van der Waals surface area contributed by atoms with Crippen LogP contribution in [0.5, 0.6) is 0 Å². The van der Waals surface area contributed by atoms with Crippen molar-refractivity contribution in [3.63, 3.8) is 0 Å². The quantitative estimate of drug-likeness (QED) is 0.855. The highest BCUT2D eigenvalue weighted by Gasteiger charge is 2.44. The Labute approximate surface area is 157 Å². The largest absolute Gasteiger partial charge is 0.408 e. The molecule has 2 heterocycles. The summed E-state index contributed by atoms with van der Waals surface area (Å²) in [5, 5.41) is 6.50. The molecular formula is C17H16ClF3N4O2. The molecule has 10 heteroatoms. The maximum Gasteiger partial charge on any atom is 0.408 e. The van der Waals surface area contributed by atoms with E-state index in [1.54, 1.807) is 32.0 Å². The van der Waals surface area contributed by atoms with Gasteiger partial charge in [-0.1, -0.05) is 11.6 Å². The zero-order chi connectivity index (χ0) is 20.0. The molecule has 3 rings (SSSR count). The van der Waals surface area contributed by atoms with Gasteiger partial charge in [-0.3, -0.25) is 14.3 Å². The van der Waals surface area contributed by atoms with Crippen molar-refractivity contribution in [2.75, 3.05) is 16.8 Å². The summed E-state index contributed by atoms with van der Waals surface area (Å²) in [6.45, 7) is 1.95.